The number of hydrogen-bond acceptors (Lipinski definition) is 7. The second kappa shape index (κ2) is 13.2. The Morgan fingerprint density at radius 3 is 2.39 bits per heavy atom. The van der Waals surface area contributed by atoms with Crippen LogP contribution in [0.1, 0.15) is 44.3 Å². The minimum atomic E-state index is -0.555. The van der Waals surface area contributed by atoms with Crippen molar-refractivity contribution in [1.29, 1.82) is 0 Å². The molecule has 33 heavy (non-hydrogen) atoms. The van der Waals surface area contributed by atoms with Crippen LogP contribution in [0.3, 0.4) is 0 Å². The zero-order valence-corrected chi connectivity index (χ0v) is 21.7. The number of carbonyl (C=O) groups is 1. The monoisotopic (exact) mass is 487 g/mol. The summed E-state index contributed by atoms with van der Waals surface area (Å²) in [5, 5.41) is 5.98. The average molecular weight is 488 g/mol. The Balaban J connectivity index is 2.09. The molecule has 6 nitrogen and oxygen atoms in total. The molecule has 0 spiro atoms. The maximum atomic E-state index is 11.2. The maximum Gasteiger partial charge on any atom is 0.244 e. The molecule has 2 N–H and O–H groups in total. The highest BCUT2D eigenvalue weighted by Gasteiger charge is 2.20. The van der Waals surface area contributed by atoms with Gasteiger partial charge in [-0.1, -0.05) is 58.1 Å². The lowest BCUT2D eigenvalue weighted by atomic mass is 10.0. The zero-order valence-electron chi connectivity index (χ0n) is 20.0. The number of nitrogens with two attached hydrogens (primary N) is 1. The number of rotatable bonds is 12. The van der Waals surface area contributed by atoms with Crippen molar-refractivity contribution >= 4 is 34.7 Å². The molecule has 0 unspecified atom stereocenters. The minimum absolute atomic E-state index is 0.187. The Hall–Kier alpha value is -2.55. The van der Waals surface area contributed by atoms with E-state index in [2.05, 4.69) is 50.5 Å². The van der Waals surface area contributed by atoms with Gasteiger partial charge < -0.3 is 15.2 Å². The van der Waals surface area contributed by atoms with Crippen molar-refractivity contribution in [2.24, 2.45) is 17.6 Å². The Kier molecular flexibility index (Phi) is 10.7. The van der Waals surface area contributed by atoms with Gasteiger partial charge in [0.15, 0.2) is 0 Å². The van der Waals surface area contributed by atoms with Crippen molar-refractivity contribution in [2.75, 3.05) is 14.2 Å². The van der Waals surface area contributed by atoms with Gasteiger partial charge in [-0.05, 0) is 12.0 Å². The molecule has 0 saturated carbocycles. The zero-order chi connectivity index (χ0) is 24.4. The number of allylic oxidation sites excluding steroid dienone is 4. The Labute approximate surface area is 204 Å². The first-order valence-corrected chi connectivity index (χ1v) is 12.5. The summed E-state index contributed by atoms with van der Waals surface area (Å²) in [5.41, 5.74) is 6.97. The lowest BCUT2D eigenvalue weighted by Crippen LogP contribution is -2.22. The lowest BCUT2D eigenvalue weighted by molar-refractivity contribution is -0.113. The highest BCUT2D eigenvalue weighted by Crippen LogP contribution is 2.29. The highest BCUT2D eigenvalue weighted by molar-refractivity contribution is 7.14. The van der Waals surface area contributed by atoms with Gasteiger partial charge in [-0.3, -0.25) is 4.79 Å². The van der Waals surface area contributed by atoms with Crippen LogP contribution in [0.4, 0.5) is 0 Å². The van der Waals surface area contributed by atoms with E-state index in [0.717, 1.165) is 21.4 Å². The molecule has 0 aliphatic carbocycles. The van der Waals surface area contributed by atoms with E-state index >= 15 is 0 Å². The molecule has 178 valence electrons. The second-order valence-corrected chi connectivity index (χ2v) is 9.70. The number of nitrogens with zero attached hydrogens (tertiary/aromatic N) is 2. The Morgan fingerprint density at radius 1 is 1.03 bits per heavy atom. The second-order valence-electron chi connectivity index (χ2n) is 7.95. The number of amides is 1. The topological polar surface area (TPSA) is 87.3 Å². The lowest BCUT2D eigenvalue weighted by Gasteiger charge is -2.21. The van der Waals surface area contributed by atoms with Gasteiger partial charge in [0, 0.05) is 35.8 Å². The summed E-state index contributed by atoms with van der Waals surface area (Å²) in [4.78, 5) is 20.7. The number of primary amides is 1. The van der Waals surface area contributed by atoms with Crippen LogP contribution in [0.2, 0.25) is 0 Å². The van der Waals surface area contributed by atoms with Crippen LogP contribution in [0.5, 0.6) is 0 Å². The molecule has 0 aliphatic rings. The van der Waals surface area contributed by atoms with Gasteiger partial charge in [0.2, 0.25) is 5.91 Å². The molecule has 0 saturated heterocycles. The average Bonchev–Trinajstić information content (AvgIpc) is 3.44. The van der Waals surface area contributed by atoms with E-state index in [9.17, 15) is 4.79 Å². The molecular formula is C25H33N3O3S2. The van der Waals surface area contributed by atoms with E-state index in [1.807, 2.05) is 24.5 Å². The first kappa shape index (κ1) is 26.7. The van der Waals surface area contributed by atoms with Crippen molar-refractivity contribution in [3.8, 4) is 10.7 Å². The molecule has 2 heterocycles. The number of hydrogen-bond donors (Lipinski definition) is 1. The molecule has 2 aromatic heterocycles. The molecule has 3 atom stereocenters. The van der Waals surface area contributed by atoms with E-state index in [-0.39, 0.29) is 17.9 Å². The Bertz CT molecular complexity index is 1020. The molecule has 0 fully saturated rings. The number of carbonyl (C=O) groups excluding carboxylic acids is 1. The van der Waals surface area contributed by atoms with Gasteiger partial charge >= 0.3 is 0 Å². The fourth-order valence-corrected chi connectivity index (χ4v) is 4.66. The predicted octanol–water partition coefficient (Wildman–Crippen LogP) is 5.82. The fourth-order valence-electron chi connectivity index (χ4n) is 3.00. The van der Waals surface area contributed by atoms with Crippen LogP contribution >= 0.6 is 22.7 Å². The molecule has 2 aromatic rings. The largest absolute Gasteiger partial charge is 0.501 e. The van der Waals surface area contributed by atoms with Gasteiger partial charge in [0.1, 0.15) is 16.5 Å². The summed E-state index contributed by atoms with van der Waals surface area (Å²) in [6, 6.07) is 0. The van der Waals surface area contributed by atoms with Crippen molar-refractivity contribution in [3.63, 3.8) is 0 Å². The minimum Gasteiger partial charge on any atom is -0.501 e. The highest BCUT2D eigenvalue weighted by atomic mass is 32.1. The third kappa shape index (κ3) is 8.38. The maximum absolute atomic E-state index is 11.2. The summed E-state index contributed by atoms with van der Waals surface area (Å²) < 4.78 is 10.9. The Morgan fingerprint density at radius 2 is 1.76 bits per heavy atom. The predicted molar refractivity (Wildman–Crippen MR) is 138 cm³/mol. The quantitative estimate of drug-likeness (QED) is 0.232. The van der Waals surface area contributed by atoms with Crippen LogP contribution in [-0.2, 0) is 14.3 Å². The van der Waals surface area contributed by atoms with Gasteiger partial charge in [0.25, 0.3) is 0 Å². The molecule has 8 heteroatoms. The molecule has 0 bridgehead atoms. The molecule has 0 radical (unpaired) electrons. The number of thiazole rings is 2. The standard InChI is InChI=1S/C25H33N3O3S2/c1-16(2)9-7-8-10-17(3)24-28-20(15-33-24)25-27-19(14-32-25)11-12-21(30-5)18(4)22(31-6)13-23(26)29/h7-18,21H,1-6H3,(H2,26,29)/b9-7+,10-8+,12-11+,22-13-/t17-,18+,21-/m0/s1. The van der Waals surface area contributed by atoms with Crippen LogP contribution in [0.25, 0.3) is 16.8 Å². The van der Waals surface area contributed by atoms with Crippen LogP contribution in [0.15, 0.2) is 53.0 Å². The summed E-state index contributed by atoms with van der Waals surface area (Å²) in [7, 11) is 3.12. The molecule has 2 rings (SSSR count). The fraction of sp³-hybridized carbons (Fsp3) is 0.400. The molecular weight excluding hydrogens is 454 g/mol. The van der Waals surface area contributed by atoms with E-state index in [1.54, 1.807) is 29.8 Å². The van der Waals surface area contributed by atoms with Crippen LogP contribution < -0.4 is 5.73 Å². The van der Waals surface area contributed by atoms with Gasteiger partial charge in [-0.2, -0.15) is 0 Å². The third-order valence-electron chi connectivity index (χ3n) is 4.85. The molecule has 0 aliphatic heterocycles. The summed E-state index contributed by atoms with van der Waals surface area (Å²) in [6.45, 7) is 8.37. The summed E-state index contributed by atoms with van der Waals surface area (Å²) in [5.74, 6) is 0.512. The smallest absolute Gasteiger partial charge is 0.244 e. The van der Waals surface area contributed by atoms with Crippen molar-refractivity contribution in [3.05, 3.63) is 63.7 Å². The van der Waals surface area contributed by atoms with E-state index in [4.69, 9.17) is 25.2 Å². The van der Waals surface area contributed by atoms with Gasteiger partial charge in [-0.15, -0.1) is 22.7 Å². The number of methoxy groups -OCH3 is 2. The number of aromatic nitrogens is 2. The van der Waals surface area contributed by atoms with Gasteiger partial charge in [0.05, 0.1) is 23.9 Å². The summed E-state index contributed by atoms with van der Waals surface area (Å²) >= 11 is 3.20. The first-order chi connectivity index (χ1) is 15.7. The van der Waals surface area contributed by atoms with Crippen molar-refractivity contribution in [1.82, 2.24) is 9.97 Å². The van der Waals surface area contributed by atoms with Gasteiger partial charge in [-0.25, -0.2) is 9.97 Å². The molecule has 1 amide bonds. The summed E-state index contributed by atoms with van der Waals surface area (Å²) in [6.07, 6.45) is 13.3. The van der Waals surface area contributed by atoms with Crippen molar-refractivity contribution in [2.45, 2.75) is 39.7 Å². The third-order valence-corrected chi connectivity index (χ3v) is 6.78. The number of ether oxygens (including phenoxy) is 2. The van der Waals surface area contributed by atoms with E-state index in [0.29, 0.717) is 11.7 Å². The SMILES string of the molecule is CO/C(=C\C(N)=O)[C@H](C)[C@H](/C=C/c1csc(-c2csc([C@@H](C)/C=C/C=C/C(C)C)n2)n1)OC. The van der Waals surface area contributed by atoms with Crippen molar-refractivity contribution < 1.29 is 14.3 Å². The first-order valence-electron chi connectivity index (χ1n) is 10.8. The normalized spacial score (nSPS) is 15.7. The van der Waals surface area contributed by atoms with Crippen LogP contribution in [-0.4, -0.2) is 36.2 Å². The molecule has 0 aromatic carbocycles. The van der Waals surface area contributed by atoms with E-state index in [1.165, 1.54) is 13.2 Å². The van der Waals surface area contributed by atoms with Crippen LogP contribution in [0, 0.1) is 11.8 Å². The van der Waals surface area contributed by atoms with E-state index < -0.39 is 5.91 Å².